The number of carbonyl (C=O) groups excluding carboxylic acids is 1. The highest BCUT2D eigenvalue weighted by molar-refractivity contribution is 9.10. The van der Waals surface area contributed by atoms with Crippen LogP contribution in [0.1, 0.15) is 16.1 Å². The lowest BCUT2D eigenvalue weighted by atomic mass is 10.2. The molecule has 2 rings (SSSR count). The predicted octanol–water partition coefficient (Wildman–Crippen LogP) is 2.73. The maximum Gasteiger partial charge on any atom is 0.216 e. The predicted molar refractivity (Wildman–Crippen MR) is 52.0 cm³/mol. The quantitative estimate of drug-likeness (QED) is 0.778. The van der Waals surface area contributed by atoms with Gasteiger partial charge in [-0.2, -0.15) is 0 Å². The molecule has 13 heavy (non-hydrogen) atoms. The number of halogens is 1. The minimum absolute atomic E-state index is 0.123. The van der Waals surface area contributed by atoms with Crippen molar-refractivity contribution < 1.29 is 9.21 Å². The fourth-order valence-corrected chi connectivity index (χ4v) is 1.87. The monoisotopic (exact) mass is 257 g/mol. The Morgan fingerprint density at radius 2 is 2.46 bits per heavy atom. The zero-order valence-electron chi connectivity index (χ0n) is 6.36. The molecule has 0 radical (unpaired) electrons. The summed E-state index contributed by atoms with van der Waals surface area (Å²) < 4.78 is 5.40. The van der Waals surface area contributed by atoms with Gasteiger partial charge in [0.15, 0.2) is 4.67 Å². The van der Waals surface area contributed by atoms with Crippen molar-refractivity contribution in [2.75, 3.05) is 0 Å². The van der Waals surface area contributed by atoms with Gasteiger partial charge in [-0.1, -0.05) is 0 Å². The minimum Gasteiger partial charge on any atom is -0.457 e. The molecule has 0 bridgehead atoms. The molecule has 3 nitrogen and oxygen atoms in total. The molecule has 0 aliphatic rings. The number of thiazole rings is 1. The van der Waals surface area contributed by atoms with E-state index in [0.717, 1.165) is 0 Å². The standard InChI is InChI=1S/C8H4BrNO2S/c9-8-5(1-2-12-8)7(11)6-3-13-4-10-6/h1-4H. The fraction of sp³-hybridized carbons (Fsp3) is 0. The van der Waals surface area contributed by atoms with E-state index in [9.17, 15) is 4.79 Å². The summed E-state index contributed by atoms with van der Waals surface area (Å²) in [5.74, 6) is -0.123. The molecule has 66 valence electrons. The van der Waals surface area contributed by atoms with Gasteiger partial charge in [-0.05, 0) is 22.0 Å². The topological polar surface area (TPSA) is 43.1 Å². The summed E-state index contributed by atoms with van der Waals surface area (Å²) in [6.45, 7) is 0. The molecule has 0 aromatic carbocycles. The highest BCUT2D eigenvalue weighted by Crippen LogP contribution is 2.20. The van der Waals surface area contributed by atoms with Crippen LogP contribution in [-0.4, -0.2) is 10.8 Å². The number of carbonyl (C=O) groups is 1. The number of rotatable bonds is 2. The highest BCUT2D eigenvalue weighted by Gasteiger charge is 2.15. The third-order valence-electron chi connectivity index (χ3n) is 1.53. The van der Waals surface area contributed by atoms with Crippen molar-refractivity contribution in [2.24, 2.45) is 0 Å². The summed E-state index contributed by atoms with van der Waals surface area (Å²) >= 11 is 4.53. The van der Waals surface area contributed by atoms with Crippen LogP contribution in [0.4, 0.5) is 0 Å². The molecule has 0 spiro atoms. The lowest BCUT2D eigenvalue weighted by Gasteiger charge is -1.91. The summed E-state index contributed by atoms with van der Waals surface area (Å²) in [5.41, 5.74) is 2.58. The average Bonchev–Trinajstić information content (AvgIpc) is 2.72. The summed E-state index contributed by atoms with van der Waals surface area (Å²) in [5, 5.41) is 1.71. The fourth-order valence-electron chi connectivity index (χ4n) is 0.918. The Labute approximate surface area is 86.5 Å². The first-order chi connectivity index (χ1) is 6.29. The smallest absolute Gasteiger partial charge is 0.216 e. The number of hydrogen-bond acceptors (Lipinski definition) is 4. The number of hydrogen-bond donors (Lipinski definition) is 0. The first-order valence-electron chi connectivity index (χ1n) is 3.45. The number of ketones is 1. The molecule has 2 heterocycles. The number of aromatic nitrogens is 1. The van der Waals surface area contributed by atoms with Gasteiger partial charge in [-0.15, -0.1) is 11.3 Å². The van der Waals surface area contributed by atoms with Gasteiger partial charge in [0.05, 0.1) is 17.3 Å². The van der Waals surface area contributed by atoms with Crippen LogP contribution in [0.25, 0.3) is 0 Å². The first-order valence-corrected chi connectivity index (χ1v) is 5.18. The summed E-state index contributed by atoms with van der Waals surface area (Å²) in [7, 11) is 0. The van der Waals surface area contributed by atoms with E-state index in [2.05, 4.69) is 20.9 Å². The van der Waals surface area contributed by atoms with E-state index in [0.29, 0.717) is 15.9 Å². The maximum absolute atomic E-state index is 11.6. The van der Waals surface area contributed by atoms with Gasteiger partial charge in [-0.25, -0.2) is 4.98 Å². The highest BCUT2D eigenvalue weighted by atomic mass is 79.9. The first kappa shape index (κ1) is 8.65. The molecule has 0 N–H and O–H groups in total. The molecule has 5 heteroatoms. The van der Waals surface area contributed by atoms with E-state index in [1.54, 1.807) is 17.0 Å². The second kappa shape index (κ2) is 3.43. The lowest BCUT2D eigenvalue weighted by Crippen LogP contribution is -2.00. The van der Waals surface area contributed by atoms with E-state index >= 15 is 0 Å². The molecule has 0 fully saturated rings. The van der Waals surface area contributed by atoms with Crippen LogP contribution < -0.4 is 0 Å². The Balaban J connectivity index is 2.39. The van der Waals surface area contributed by atoms with Crippen molar-refractivity contribution in [1.29, 1.82) is 0 Å². The third kappa shape index (κ3) is 1.57. The van der Waals surface area contributed by atoms with E-state index in [-0.39, 0.29) is 5.78 Å². The van der Waals surface area contributed by atoms with Crippen molar-refractivity contribution in [2.45, 2.75) is 0 Å². The van der Waals surface area contributed by atoms with Crippen LogP contribution in [0.3, 0.4) is 0 Å². The Kier molecular flexibility index (Phi) is 2.28. The lowest BCUT2D eigenvalue weighted by molar-refractivity contribution is 0.103. The summed E-state index contributed by atoms with van der Waals surface area (Å²) in [4.78, 5) is 15.6. The molecular weight excluding hydrogens is 254 g/mol. The van der Waals surface area contributed by atoms with Gasteiger partial charge in [0.25, 0.3) is 0 Å². The molecule has 0 saturated carbocycles. The van der Waals surface area contributed by atoms with Crippen molar-refractivity contribution in [1.82, 2.24) is 4.98 Å². The van der Waals surface area contributed by atoms with E-state index < -0.39 is 0 Å². The zero-order valence-corrected chi connectivity index (χ0v) is 8.76. The summed E-state index contributed by atoms with van der Waals surface area (Å²) in [6, 6.07) is 1.62. The van der Waals surface area contributed by atoms with Crippen LogP contribution in [0.2, 0.25) is 0 Å². The van der Waals surface area contributed by atoms with Crippen LogP contribution in [0.15, 0.2) is 32.3 Å². The molecule has 0 saturated heterocycles. The molecule has 0 aliphatic carbocycles. The van der Waals surface area contributed by atoms with Crippen molar-refractivity contribution in [3.05, 3.63) is 39.1 Å². The van der Waals surface area contributed by atoms with E-state index in [4.69, 9.17) is 4.42 Å². The number of furan rings is 1. The Hall–Kier alpha value is -0.940. The summed E-state index contributed by atoms with van der Waals surface area (Å²) in [6.07, 6.45) is 1.46. The van der Waals surface area contributed by atoms with Gasteiger partial charge in [-0.3, -0.25) is 4.79 Å². The van der Waals surface area contributed by atoms with Gasteiger partial charge >= 0.3 is 0 Å². The van der Waals surface area contributed by atoms with Crippen LogP contribution in [-0.2, 0) is 0 Å². The number of nitrogens with zero attached hydrogens (tertiary/aromatic N) is 1. The van der Waals surface area contributed by atoms with Crippen LogP contribution >= 0.6 is 27.3 Å². The normalized spacial score (nSPS) is 10.2. The van der Waals surface area contributed by atoms with E-state index in [1.165, 1.54) is 17.6 Å². The van der Waals surface area contributed by atoms with Gasteiger partial charge in [0, 0.05) is 5.38 Å². The minimum atomic E-state index is -0.123. The molecule has 2 aromatic heterocycles. The van der Waals surface area contributed by atoms with Crippen LogP contribution in [0, 0.1) is 0 Å². The Bertz CT molecular complexity index is 421. The van der Waals surface area contributed by atoms with Gasteiger partial charge in [0.1, 0.15) is 5.69 Å². The molecule has 0 amide bonds. The van der Waals surface area contributed by atoms with Crippen molar-refractivity contribution in [3.8, 4) is 0 Å². The molecule has 2 aromatic rings. The van der Waals surface area contributed by atoms with Gasteiger partial charge in [0.2, 0.25) is 5.78 Å². The second-order valence-electron chi connectivity index (χ2n) is 2.31. The molecule has 0 aliphatic heterocycles. The van der Waals surface area contributed by atoms with Gasteiger partial charge < -0.3 is 4.42 Å². The third-order valence-corrected chi connectivity index (χ3v) is 2.73. The SMILES string of the molecule is O=C(c1cscn1)c1ccoc1Br. The largest absolute Gasteiger partial charge is 0.457 e. The zero-order chi connectivity index (χ0) is 9.26. The Morgan fingerprint density at radius 1 is 1.62 bits per heavy atom. The Morgan fingerprint density at radius 3 is 3.00 bits per heavy atom. The van der Waals surface area contributed by atoms with Crippen molar-refractivity contribution in [3.63, 3.8) is 0 Å². The maximum atomic E-state index is 11.6. The van der Waals surface area contributed by atoms with Crippen LogP contribution in [0.5, 0.6) is 0 Å². The molecule has 0 atom stereocenters. The second-order valence-corrected chi connectivity index (χ2v) is 3.75. The molecular formula is C8H4BrNO2S. The van der Waals surface area contributed by atoms with Crippen molar-refractivity contribution >= 4 is 33.0 Å². The molecule has 0 unspecified atom stereocenters. The van der Waals surface area contributed by atoms with E-state index in [1.807, 2.05) is 0 Å². The average molecular weight is 258 g/mol.